The van der Waals surface area contributed by atoms with Gasteiger partial charge in [-0.1, -0.05) is 30.6 Å². The van der Waals surface area contributed by atoms with Crippen molar-refractivity contribution in [3.8, 4) is 0 Å². The van der Waals surface area contributed by atoms with Gasteiger partial charge in [0.25, 0.3) is 0 Å². The third-order valence-corrected chi connectivity index (χ3v) is 5.69. The van der Waals surface area contributed by atoms with Crippen LogP contribution in [0.1, 0.15) is 0 Å². The summed E-state index contributed by atoms with van der Waals surface area (Å²) in [4.78, 5) is 10.8. The highest BCUT2D eigenvalue weighted by Gasteiger charge is 2.14. The van der Waals surface area contributed by atoms with E-state index in [4.69, 9.17) is 17.0 Å². The third kappa shape index (κ3) is 7.23. The van der Waals surface area contributed by atoms with Crippen LogP contribution < -0.4 is 5.32 Å². The Hall–Kier alpha value is 0.150. The Morgan fingerprint density at radius 1 is 1.59 bits per heavy atom. The molecule has 0 atom stereocenters. The molecule has 0 aromatic heterocycles. The Balaban J connectivity index is 2.04. The number of carbonyl (C=O) groups excluding carboxylic acids is 1. The van der Waals surface area contributed by atoms with E-state index >= 15 is 0 Å². The van der Waals surface area contributed by atoms with E-state index in [1.807, 2.05) is 23.5 Å². The van der Waals surface area contributed by atoms with Gasteiger partial charge < -0.3 is 10.1 Å². The Labute approximate surface area is 120 Å². The van der Waals surface area contributed by atoms with Crippen LogP contribution in [0, 0.1) is 0 Å². The molecule has 1 heterocycles. The minimum Gasteiger partial charge on any atom is -0.462 e. The molecular formula is C10H15NO2S4. The summed E-state index contributed by atoms with van der Waals surface area (Å²) >= 11 is 10.6. The zero-order valence-corrected chi connectivity index (χ0v) is 12.6. The lowest BCUT2D eigenvalue weighted by atomic mass is 10.4. The number of esters is 1. The van der Waals surface area contributed by atoms with E-state index in [0.29, 0.717) is 18.4 Å². The van der Waals surface area contributed by atoms with Crippen LogP contribution in [0.4, 0.5) is 0 Å². The minimum atomic E-state index is -0.385. The van der Waals surface area contributed by atoms with Crippen molar-refractivity contribution in [1.29, 1.82) is 0 Å². The molecule has 1 N–H and O–H groups in total. The second-order valence-electron chi connectivity index (χ2n) is 3.21. The Bertz CT molecular complexity index is 279. The van der Waals surface area contributed by atoms with Crippen LogP contribution in [0.15, 0.2) is 12.7 Å². The van der Waals surface area contributed by atoms with Crippen LogP contribution in [0.2, 0.25) is 0 Å². The first-order chi connectivity index (χ1) is 8.22. The molecule has 3 nitrogen and oxygen atoms in total. The predicted molar refractivity (Wildman–Crippen MR) is 82.9 cm³/mol. The lowest BCUT2D eigenvalue weighted by molar-refractivity contribution is -0.137. The number of ether oxygens (including phenoxy) is 1. The third-order valence-electron chi connectivity index (χ3n) is 1.85. The van der Waals surface area contributed by atoms with E-state index in [9.17, 15) is 4.79 Å². The van der Waals surface area contributed by atoms with Crippen LogP contribution in [-0.2, 0) is 9.53 Å². The van der Waals surface area contributed by atoms with Crippen molar-refractivity contribution in [2.45, 2.75) is 6.04 Å². The number of rotatable bonds is 5. The summed E-state index contributed by atoms with van der Waals surface area (Å²) in [7, 11) is 0. The molecule has 1 rings (SSSR count). The van der Waals surface area contributed by atoms with Crippen molar-refractivity contribution in [1.82, 2.24) is 5.32 Å². The molecule has 0 bridgehead atoms. The molecule has 1 aliphatic rings. The molecule has 7 heteroatoms. The first-order valence-corrected chi connectivity index (χ1v) is 8.80. The highest BCUT2D eigenvalue weighted by Crippen LogP contribution is 2.21. The van der Waals surface area contributed by atoms with E-state index in [1.54, 1.807) is 0 Å². The lowest BCUT2D eigenvalue weighted by Crippen LogP contribution is -2.38. The summed E-state index contributed by atoms with van der Waals surface area (Å²) in [5.41, 5.74) is 0. The first kappa shape index (κ1) is 15.2. The molecule has 0 saturated carbocycles. The summed E-state index contributed by atoms with van der Waals surface area (Å²) in [6, 6.07) is 0.467. The van der Waals surface area contributed by atoms with Crippen LogP contribution >= 0.6 is 47.5 Å². The fourth-order valence-electron chi connectivity index (χ4n) is 1.11. The summed E-state index contributed by atoms with van der Waals surface area (Å²) in [6.45, 7) is 3.69. The quantitative estimate of drug-likeness (QED) is 0.361. The molecule has 0 aromatic carbocycles. The maximum absolute atomic E-state index is 10.8. The second-order valence-corrected chi connectivity index (χ2v) is 7.41. The fraction of sp³-hybridized carbons (Fsp3) is 0.600. The second kappa shape index (κ2) is 9.13. The van der Waals surface area contributed by atoms with Gasteiger partial charge in [0.15, 0.2) is 0 Å². The molecule has 0 spiro atoms. The van der Waals surface area contributed by atoms with Gasteiger partial charge in [-0.15, -0.1) is 23.5 Å². The number of hydrogen-bond donors (Lipinski definition) is 1. The molecule has 0 aromatic rings. The summed E-state index contributed by atoms with van der Waals surface area (Å²) < 4.78 is 5.64. The van der Waals surface area contributed by atoms with Gasteiger partial charge in [-0.05, 0) is 0 Å². The zero-order valence-electron chi connectivity index (χ0n) is 9.35. The Morgan fingerprint density at radius 2 is 2.29 bits per heavy atom. The first-order valence-electron chi connectivity index (χ1n) is 5.10. The molecule has 1 aliphatic heterocycles. The smallest absolute Gasteiger partial charge is 0.330 e. The van der Waals surface area contributed by atoms with Crippen LogP contribution in [0.25, 0.3) is 0 Å². The normalized spacial score (nSPS) is 16.2. The van der Waals surface area contributed by atoms with Gasteiger partial charge in [0.2, 0.25) is 0 Å². The highest BCUT2D eigenvalue weighted by atomic mass is 32.2. The van der Waals surface area contributed by atoms with Crippen molar-refractivity contribution in [2.24, 2.45) is 0 Å². The van der Waals surface area contributed by atoms with Crippen molar-refractivity contribution in [2.75, 3.05) is 29.0 Å². The van der Waals surface area contributed by atoms with E-state index in [2.05, 4.69) is 11.9 Å². The Kier molecular flexibility index (Phi) is 8.17. The highest BCUT2D eigenvalue weighted by molar-refractivity contribution is 8.23. The van der Waals surface area contributed by atoms with Gasteiger partial charge in [-0.3, -0.25) is 0 Å². The van der Waals surface area contributed by atoms with Gasteiger partial charge in [0.05, 0.1) is 0 Å². The van der Waals surface area contributed by atoms with Gasteiger partial charge in [0.1, 0.15) is 10.9 Å². The number of nitrogens with one attached hydrogen (secondary N) is 1. The van der Waals surface area contributed by atoms with E-state index in [-0.39, 0.29) is 5.97 Å². The Morgan fingerprint density at radius 3 is 2.94 bits per heavy atom. The topological polar surface area (TPSA) is 38.3 Å². The van der Waals surface area contributed by atoms with Crippen molar-refractivity contribution in [3.05, 3.63) is 12.7 Å². The average Bonchev–Trinajstić information content (AvgIpc) is 2.35. The molecule has 1 fully saturated rings. The van der Waals surface area contributed by atoms with Crippen molar-refractivity contribution >= 4 is 57.8 Å². The maximum Gasteiger partial charge on any atom is 0.330 e. The predicted octanol–water partition coefficient (Wildman–Crippen LogP) is 2.13. The monoisotopic (exact) mass is 309 g/mol. The van der Waals surface area contributed by atoms with E-state index in [1.165, 1.54) is 16.8 Å². The molecule has 0 radical (unpaired) electrons. The zero-order chi connectivity index (χ0) is 12.5. The summed E-state index contributed by atoms with van der Waals surface area (Å²) in [5, 5.41) is 4.49. The van der Waals surface area contributed by atoms with Crippen LogP contribution in [0.3, 0.4) is 0 Å². The minimum absolute atomic E-state index is 0.367. The standard InChI is InChI=1S/C10H15NO2S4/c1-2-9(12)13-3-4-17-10(14)11-8-5-15-7-16-6-8/h2,8H,1,3-7H2,(H,11,14). The number of carbonyl (C=O) groups is 1. The van der Waals surface area contributed by atoms with Gasteiger partial charge in [-0.25, -0.2) is 4.79 Å². The maximum atomic E-state index is 10.8. The van der Waals surface area contributed by atoms with E-state index in [0.717, 1.165) is 21.9 Å². The molecular weight excluding hydrogens is 294 g/mol. The SMILES string of the molecule is C=CC(=O)OCCSC(=S)NC1CSCSC1. The van der Waals surface area contributed by atoms with E-state index < -0.39 is 0 Å². The summed E-state index contributed by atoms with van der Waals surface area (Å²) in [6.07, 6.45) is 1.16. The number of thiocarbonyl (C=S) groups is 1. The molecule has 17 heavy (non-hydrogen) atoms. The van der Waals surface area contributed by atoms with Crippen LogP contribution in [0.5, 0.6) is 0 Å². The molecule has 0 unspecified atom stereocenters. The number of thioether (sulfide) groups is 3. The lowest BCUT2D eigenvalue weighted by Gasteiger charge is -2.23. The molecule has 0 aliphatic carbocycles. The average molecular weight is 310 g/mol. The van der Waals surface area contributed by atoms with Gasteiger partial charge >= 0.3 is 5.97 Å². The fourth-order valence-corrected chi connectivity index (χ4v) is 4.50. The van der Waals surface area contributed by atoms with Gasteiger partial charge in [0, 0.05) is 34.5 Å². The van der Waals surface area contributed by atoms with Gasteiger partial charge in [-0.2, -0.15) is 0 Å². The molecule has 1 saturated heterocycles. The summed E-state index contributed by atoms with van der Waals surface area (Å²) in [5.74, 6) is 2.51. The molecule has 96 valence electrons. The number of hydrogen-bond acceptors (Lipinski definition) is 6. The van der Waals surface area contributed by atoms with Crippen molar-refractivity contribution < 1.29 is 9.53 Å². The largest absolute Gasteiger partial charge is 0.462 e. The molecule has 0 amide bonds. The van der Waals surface area contributed by atoms with Crippen LogP contribution in [-0.4, -0.2) is 45.3 Å². The van der Waals surface area contributed by atoms with Crippen molar-refractivity contribution in [3.63, 3.8) is 0 Å².